The van der Waals surface area contributed by atoms with Crippen molar-refractivity contribution >= 4 is 11.9 Å². The largest absolute Gasteiger partial charge is 0.444 e. The van der Waals surface area contributed by atoms with E-state index < -0.39 is 29.5 Å². The zero-order valence-electron chi connectivity index (χ0n) is 13.8. The molecule has 1 amide bonds. The summed E-state index contributed by atoms with van der Waals surface area (Å²) < 4.78 is 43.1. The third kappa shape index (κ3) is 4.27. The highest BCUT2D eigenvalue weighted by atomic mass is 19.4. The minimum Gasteiger partial charge on any atom is -0.444 e. The molecule has 1 aromatic rings. The molecule has 0 radical (unpaired) electrons. The van der Waals surface area contributed by atoms with Crippen LogP contribution in [0.2, 0.25) is 0 Å². The van der Waals surface area contributed by atoms with E-state index in [0.29, 0.717) is 19.4 Å². The first-order chi connectivity index (χ1) is 11.0. The van der Waals surface area contributed by atoms with Crippen molar-refractivity contribution in [2.45, 2.75) is 51.4 Å². The number of Topliss-reactive ketones (excluding diaryl/α,β-unsaturated/α-hetero) is 1. The molecule has 1 fully saturated rings. The number of ether oxygens (including phenoxy) is 1. The summed E-state index contributed by atoms with van der Waals surface area (Å²) in [6, 6.07) is 3.35. The molecule has 1 heterocycles. The number of hydrogen-bond donors (Lipinski definition) is 0. The molecule has 1 saturated heterocycles. The minimum atomic E-state index is -4.45. The molecule has 1 aromatic carbocycles. The van der Waals surface area contributed by atoms with Gasteiger partial charge < -0.3 is 4.74 Å². The number of carbonyl (C=O) groups is 2. The van der Waals surface area contributed by atoms with Crippen molar-refractivity contribution in [1.29, 1.82) is 0 Å². The van der Waals surface area contributed by atoms with Crippen molar-refractivity contribution in [1.82, 2.24) is 4.90 Å². The van der Waals surface area contributed by atoms with Crippen LogP contribution >= 0.6 is 0 Å². The van der Waals surface area contributed by atoms with Crippen LogP contribution in [0.5, 0.6) is 0 Å². The molecular weight excluding hydrogens is 323 g/mol. The Labute approximate surface area is 138 Å². The van der Waals surface area contributed by atoms with Crippen LogP contribution in [0.25, 0.3) is 0 Å². The maximum Gasteiger partial charge on any atom is 0.416 e. The first-order valence-electron chi connectivity index (χ1n) is 7.70. The van der Waals surface area contributed by atoms with Gasteiger partial charge in [-0.15, -0.1) is 0 Å². The summed E-state index contributed by atoms with van der Waals surface area (Å²) in [5, 5.41) is 0. The third-order valence-electron chi connectivity index (χ3n) is 3.68. The maximum atomic E-state index is 12.6. The van der Waals surface area contributed by atoms with Gasteiger partial charge in [-0.3, -0.25) is 9.69 Å². The second-order valence-electron chi connectivity index (χ2n) is 6.77. The first kappa shape index (κ1) is 18.3. The summed E-state index contributed by atoms with van der Waals surface area (Å²) in [5.41, 5.74) is -1.33. The number of rotatable bonds is 2. The number of hydrogen-bond acceptors (Lipinski definition) is 3. The van der Waals surface area contributed by atoms with E-state index in [9.17, 15) is 22.8 Å². The van der Waals surface area contributed by atoms with Crippen molar-refractivity contribution in [2.75, 3.05) is 6.54 Å². The Morgan fingerprint density at radius 1 is 1.12 bits per heavy atom. The summed E-state index contributed by atoms with van der Waals surface area (Å²) in [6.45, 7) is 5.58. The van der Waals surface area contributed by atoms with Crippen LogP contribution in [-0.4, -0.2) is 35.0 Å². The zero-order chi connectivity index (χ0) is 18.1. The molecule has 0 unspecified atom stereocenters. The molecule has 1 aliphatic heterocycles. The van der Waals surface area contributed by atoms with Crippen LogP contribution in [0.15, 0.2) is 24.3 Å². The molecule has 0 spiro atoms. The quantitative estimate of drug-likeness (QED) is 0.753. The standard InChI is InChI=1S/C17H20F3NO3/c1-16(2,3)24-15(23)21-10-4-5-13(21)14(22)11-6-8-12(9-7-11)17(18,19)20/h6-9,13H,4-5,10H2,1-3H3/t13-/m0/s1. The van der Waals surface area contributed by atoms with Gasteiger partial charge in [-0.2, -0.15) is 13.2 Å². The van der Waals surface area contributed by atoms with Crippen molar-refractivity contribution in [3.63, 3.8) is 0 Å². The van der Waals surface area contributed by atoms with E-state index in [4.69, 9.17) is 4.74 Å². The first-order valence-corrected chi connectivity index (χ1v) is 7.70. The third-order valence-corrected chi connectivity index (χ3v) is 3.68. The molecular formula is C17H20F3NO3. The smallest absolute Gasteiger partial charge is 0.416 e. The number of nitrogens with zero attached hydrogens (tertiary/aromatic N) is 1. The van der Waals surface area contributed by atoms with Gasteiger partial charge in [0.05, 0.1) is 11.6 Å². The number of carbonyl (C=O) groups excluding carboxylic acids is 2. The fourth-order valence-electron chi connectivity index (χ4n) is 2.59. The monoisotopic (exact) mass is 343 g/mol. The summed E-state index contributed by atoms with van der Waals surface area (Å²) in [5.74, 6) is -0.368. The molecule has 1 aliphatic rings. The Morgan fingerprint density at radius 3 is 2.21 bits per heavy atom. The average molecular weight is 343 g/mol. The Morgan fingerprint density at radius 2 is 1.71 bits per heavy atom. The van der Waals surface area contributed by atoms with E-state index in [0.717, 1.165) is 24.3 Å². The van der Waals surface area contributed by atoms with Crippen LogP contribution in [0.1, 0.15) is 49.5 Å². The van der Waals surface area contributed by atoms with Gasteiger partial charge in [0.2, 0.25) is 0 Å². The Kier molecular flexibility index (Phi) is 4.92. The lowest BCUT2D eigenvalue weighted by Gasteiger charge is -2.28. The van der Waals surface area contributed by atoms with E-state index in [2.05, 4.69) is 0 Å². The van der Waals surface area contributed by atoms with Crippen LogP contribution in [0.4, 0.5) is 18.0 Å². The normalized spacial score (nSPS) is 18.6. The lowest BCUT2D eigenvalue weighted by atomic mass is 10.0. The molecule has 7 heteroatoms. The predicted octanol–water partition coefficient (Wildman–Crippen LogP) is 4.29. The van der Waals surface area contributed by atoms with Gasteiger partial charge >= 0.3 is 12.3 Å². The van der Waals surface area contributed by atoms with Gasteiger partial charge in [0.1, 0.15) is 5.60 Å². The number of benzene rings is 1. The number of alkyl halides is 3. The predicted molar refractivity (Wildman–Crippen MR) is 81.7 cm³/mol. The van der Waals surface area contributed by atoms with Gasteiger partial charge in [0, 0.05) is 12.1 Å². The minimum absolute atomic E-state index is 0.156. The maximum absolute atomic E-state index is 12.6. The molecule has 0 bridgehead atoms. The SMILES string of the molecule is CC(C)(C)OC(=O)N1CCC[C@H]1C(=O)c1ccc(C(F)(F)F)cc1. The highest BCUT2D eigenvalue weighted by Crippen LogP contribution is 2.30. The van der Waals surface area contributed by atoms with Crippen molar-refractivity contribution in [3.8, 4) is 0 Å². The molecule has 4 nitrogen and oxygen atoms in total. The number of halogens is 3. The van der Waals surface area contributed by atoms with E-state index in [-0.39, 0.29) is 11.3 Å². The molecule has 1 atom stereocenters. The lowest BCUT2D eigenvalue weighted by molar-refractivity contribution is -0.137. The van der Waals surface area contributed by atoms with E-state index in [1.807, 2.05) is 0 Å². The van der Waals surface area contributed by atoms with Gasteiger partial charge in [0.15, 0.2) is 5.78 Å². The second kappa shape index (κ2) is 6.45. The van der Waals surface area contributed by atoms with Gasteiger partial charge in [-0.05, 0) is 45.7 Å². The summed E-state index contributed by atoms with van der Waals surface area (Å²) in [6.07, 6.45) is -3.90. The topological polar surface area (TPSA) is 46.6 Å². The molecule has 132 valence electrons. The summed E-state index contributed by atoms with van der Waals surface area (Å²) in [4.78, 5) is 26.1. The highest BCUT2D eigenvalue weighted by Gasteiger charge is 2.37. The van der Waals surface area contributed by atoms with Crippen LogP contribution in [0, 0.1) is 0 Å². The summed E-state index contributed by atoms with van der Waals surface area (Å²) in [7, 11) is 0. The van der Waals surface area contributed by atoms with Crippen molar-refractivity contribution < 1.29 is 27.5 Å². The molecule has 0 saturated carbocycles. The molecule has 24 heavy (non-hydrogen) atoms. The van der Waals surface area contributed by atoms with Gasteiger partial charge in [0.25, 0.3) is 0 Å². The number of likely N-dealkylation sites (tertiary alicyclic amines) is 1. The number of amides is 1. The van der Waals surface area contributed by atoms with E-state index >= 15 is 0 Å². The van der Waals surface area contributed by atoms with Gasteiger partial charge in [-0.1, -0.05) is 12.1 Å². The Hall–Kier alpha value is -2.05. The lowest BCUT2D eigenvalue weighted by Crippen LogP contribution is -2.43. The molecule has 0 N–H and O–H groups in total. The Bertz CT molecular complexity index is 617. The van der Waals surface area contributed by atoms with Crippen molar-refractivity contribution in [3.05, 3.63) is 35.4 Å². The molecule has 0 aromatic heterocycles. The highest BCUT2D eigenvalue weighted by molar-refractivity contribution is 6.01. The molecule has 0 aliphatic carbocycles. The van der Waals surface area contributed by atoms with E-state index in [1.165, 1.54) is 4.90 Å². The Balaban J connectivity index is 2.14. The van der Waals surface area contributed by atoms with Gasteiger partial charge in [-0.25, -0.2) is 4.79 Å². The van der Waals surface area contributed by atoms with Crippen LogP contribution in [0.3, 0.4) is 0 Å². The second-order valence-corrected chi connectivity index (χ2v) is 6.77. The average Bonchev–Trinajstić information content (AvgIpc) is 2.93. The van der Waals surface area contributed by atoms with Crippen molar-refractivity contribution in [2.24, 2.45) is 0 Å². The van der Waals surface area contributed by atoms with Crippen LogP contribution in [-0.2, 0) is 10.9 Å². The number of ketones is 1. The van der Waals surface area contributed by atoms with Crippen LogP contribution < -0.4 is 0 Å². The fourth-order valence-corrected chi connectivity index (χ4v) is 2.59. The molecule has 2 rings (SSSR count). The summed E-state index contributed by atoms with van der Waals surface area (Å²) >= 11 is 0. The van der Waals surface area contributed by atoms with E-state index in [1.54, 1.807) is 20.8 Å². The zero-order valence-corrected chi connectivity index (χ0v) is 13.8. The fraction of sp³-hybridized carbons (Fsp3) is 0.529.